The Labute approximate surface area is 196 Å². The van der Waals surface area contributed by atoms with Crippen LogP contribution in [0.2, 0.25) is 5.02 Å². The molecule has 2 amide bonds. The quantitative estimate of drug-likeness (QED) is 0.352. The maximum atomic E-state index is 12.5. The normalized spacial score (nSPS) is 10.6. The molecule has 2 N–H and O–H groups in total. The Kier molecular flexibility index (Phi) is 8.08. The van der Waals surface area contributed by atoms with Crippen LogP contribution in [0.4, 0.5) is 11.4 Å². The Hall–Kier alpha value is -3.10. The Morgan fingerprint density at radius 3 is 2.50 bits per heavy atom. The summed E-state index contributed by atoms with van der Waals surface area (Å²) in [5.74, 6) is 0.289. The van der Waals surface area contributed by atoms with E-state index in [9.17, 15) is 9.59 Å². The molecule has 2 aromatic carbocycles. The van der Waals surface area contributed by atoms with Crippen molar-refractivity contribution >= 4 is 46.6 Å². The predicted molar refractivity (Wildman–Crippen MR) is 129 cm³/mol. The minimum Gasteiger partial charge on any atom is -0.325 e. The lowest BCUT2D eigenvalue weighted by Gasteiger charge is -2.10. The summed E-state index contributed by atoms with van der Waals surface area (Å²) in [4.78, 5) is 24.9. The molecular formula is C23H24ClN5O2S. The van der Waals surface area contributed by atoms with Gasteiger partial charge in [0.2, 0.25) is 11.8 Å². The second-order valence-corrected chi connectivity index (χ2v) is 8.51. The Morgan fingerprint density at radius 2 is 1.78 bits per heavy atom. The SMILES string of the molecule is C=CCn1c(CC(=O)Nc2ccccc2C)nnc1SCC(=O)Nc1ccc(Cl)cc1C. The number of carbonyl (C=O) groups excluding carboxylic acids is 2. The smallest absolute Gasteiger partial charge is 0.234 e. The molecule has 0 aliphatic rings. The minimum absolute atomic E-state index is 0.0614. The van der Waals surface area contributed by atoms with E-state index in [0.717, 1.165) is 16.8 Å². The molecular weight excluding hydrogens is 446 g/mol. The van der Waals surface area contributed by atoms with Gasteiger partial charge in [0.25, 0.3) is 0 Å². The summed E-state index contributed by atoms with van der Waals surface area (Å²) < 4.78 is 1.79. The molecule has 0 saturated heterocycles. The number of nitrogens with one attached hydrogen (secondary N) is 2. The number of benzene rings is 2. The molecule has 0 aliphatic carbocycles. The van der Waals surface area contributed by atoms with Gasteiger partial charge in [-0.3, -0.25) is 9.59 Å². The van der Waals surface area contributed by atoms with Crippen molar-refractivity contribution in [2.24, 2.45) is 0 Å². The molecule has 166 valence electrons. The highest BCUT2D eigenvalue weighted by Gasteiger charge is 2.17. The van der Waals surface area contributed by atoms with Crippen LogP contribution >= 0.6 is 23.4 Å². The number of para-hydroxylation sites is 1. The van der Waals surface area contributed by atoms with Gasteiger partial charge in [-0.15, -0.1) is 16.8 Å². The highest BCUT2D eigenvalue weighted by Crippen LogP contribution is 2.22. The van der Waals surface area contributed by atoms with Crippen LogP contribution in [0.15, 0.2) is 60.3 Å². The Bertz CT molecular complexity index is 1150. The monoisotopic (exact) mass is 469 g/mol. The van der Waals surface area contributed by atoms with Gasteiger partial charge in [0.15, 0.2) is 5.16 Å². The summed E-state index contributed by atoms with van der Waals surface area (Å²) in [6.45, 7) is 8.01. The summed E-state index contributed by atoms with van der Waals surface area (Å²) in [7, 11) is 0. The lowest BCUT2D eigenvalue weighted by atomic mass is 10.2. The molecule has 32 heavy (non-hydrogen) atoms. The van der Waals surface area contributed by atoms with E-state index in [0.29, 0.717) is 28.2 Å². The number of halogens is 1. The number of hydrogen-bond acceptors (Lipinski definition) is 5. The fourth-order valence-electron chi connectivity index (χ4n) is 3.00. The van der Waals surface area contributed by atoms with Gasteiger partial charge >= 0.3 is 0 Å². The third-order valence-corrected chi connectivity index (χ3v) is 5.84. The molecule has 9 heteroatoms. The summed E-state index contributed by atoms with van der Waals surface area (Å²) >= 11 is 7.21. The van der Waals surface area contributed by atoms with Gasteiger partial charge in [0.1, 0.15) is 5.82 Å². The average Bonchev–Trinajstić information content (AvgIpc) is 3.12. The molecule has 3 aromatic rings. The zero-order chi connectivity index (χ0) is 23.1. The van der Waals surface area contributed by atoms with Crippen molar-refractivity contribution in [3.8, 4) is 0 Å². The van der Waals surface area contributed by atoms with Crippen molar-refractivity contribution in [1.82, 2.24) is 14.8 Å². The van der Waals surface area contributed by atoms with E-state index in [1.54, 1.807) is 28.8 Å². The standard InChI is InChI=1S/C23H24ClN5O2S/c1-4-11-29-20(13-21(30)25-18-8-6-5-7-15(18)2)27-28-23(29)32-14-22(31)26-19-10-9-17(24)12-16(19)3/h4-10,12H,1,11,13-14H2,2-3H3,(H,25,30)(H,26,31). The summed E-state index contributed by atoms with van der Waals surface area (Å²) in [5, 5.41) is 15.3. The van der Waals surface area contributed by atoms with Crippen LogP contribution in [0.3, 0.4) is 0 Å². The maximum Gasteiger partial charge on any atom is 0.234 e. The second kappa shape index (κ2) is 11.0. The molecule has 0 bridgehead atoms. The van der Waals surface area contributed by atoms with Crippen LogP contribution in [0, 0.1) is 13.8 Å². The first-order valence-electron chi connectivity index (χ1n) is 9.94. The van der Waals surface area contributed by atoms with Crippen molar-refractivity contribution in [2.45, 2.75) is 32.0 Å². The molecule has 0 unspecified atom stereocenters. The molecule has 0 spiro atoms. The maximum absolute atomic E-state index is 12.5. The van der Waals surface area contributed by atoms with E-state index < -0.39 is 0 Å². The number of aryl methyl sites for hydroxylation is 2. The second-order valence-electron chi connectivity index (χ2n) is 7.13. The number of rotatable bonds is 9. The van der Waals surface area contributed by atoms with Gasteiger partial charge in [0.05, 0.1) is 12.2 Å². The van der Waals surface area contributed by atoms with Gasteiger partial charge < -0.3 is 15.2 Å². The van der Waals surface area contributed by atoms with Crippen LogP contribution in [0.1, 0.15) is 17.0 Å². The third-order valence-electron chi connectivity index (χ3n) is 4.64. The van der Waals surface area contributed by atoms with Crippen molar-refractivity contribution in [1.29, 1.82) is 0 Å². The van der Waals surface area contributed by atoms with E-state index in [-0.39, 0.29) is 24.0 Å². The van der Waals surface area contributed by atoms with Crippen LogP contribution < -0.4 is 10.6 Å². The highest BCUT2D eigenvalue weighted by molar-refractivity contribution is 7.99. The fourth-order valence-corrected chi connectivity index (χ4v) is 4.00. The van der Waals surface area contributed by atoms with Gasteiger partial charge in [-0.25, -0.2) is 0 Å². The van der Waals surface area contributed by atoms with Gasteiger partial charge in [-0.1, -0.05) is 47.6 Å². The number of anilines is 2. The van der Waals surface area contributed by atoms with Gasteiger partial charge in [-0.05, 0) is 49.2 Å². The lowest BCUT2D eigenvalue weighted by Crippen LogP contribution is -2.18. The van der Waals surface area contributed by atoms with Crippen LogP contribution in [0.5, 0.6) is 0 Å². The van der Waals surface area contributed by atoms with E-state index >= 15 is 0 Å². The summed E-state index contributed by atoms with van der Waals surface area (Å²) in [6.07, 6.45) is 1.76. The molecule has 1 heterocycles. The minimum atomic E-state index is -0.190. The van der Waals surface area contributed by atoms with E-state index in [2.05, 4.69) is 27.4 Å². The van der Waals surface area contributed by atoms with Crippen molar-refractivity contribution in [3.63, 3.8) is 0 Å². The molecule has 0 saturated carbocycles. The number of carbonyl (C=O) groups is 2. The van der Waals surface area contributed by atoms with Gasteiger partial charge in [-0.2, -0.15) is 0 Å². The molecule has 3 rings (SSSR count). The van der Waals surface area contributed by atoms with Crippen LogP contribution in [0.25, 0.3) is 0 Å². The lowest BCUT2D eigenvalue weighted by molar-refractivity contribution is -0.116. The summed E-state index contributed by atoms with van der Waals surface area (Å²) in [5.41, 5.74) is 3.33. The molecule has 0 aliphatic heterocycles. The van der Waals surface area contributed by atoms with Crippen molar-refractivity contribution in [3.05, 3.63) is 77.1 Å². The number of aromatic nitrogens is 3. The highest BCUT2D eigenvalue weighted by atomic mass is 35.5. The van der Waals surface area contributed by atoms with Crippen LogP contribution in [-0.4, -0.2) is 32.3 Å². The van der Waals surface area contributed by atoms with Gasteiger partial charge in [0, 0.05) is 22.9 Å². The number of amides is 2. The first-order chi connectivity index (χ1) is 15.4. The molecule has 0 radical (unpaired) electrons. The third kappa shape index (κ3) is 6.21. The fraction of sp³-hybridized carbons (Fsp3) is 0.217. The van der Waals surface area contributed by atoms with E-state index in [1.807, 2.05) is 38.1 Å². The molecule has 0 atom stereocenters. The predicted octanol–water partition coefficient (Wildman–Crippen LogP) is 4.65. The zero-order valence-corrected chi connectivity index (χ0v) is 19.5. The first-order valence-corrected chi connectivity index (χ1v) is 11.3. The van der Waals surface area contributed by atoms with E-state index in [1.165, 1.54) is 11.8 Å². The van der Waals surface area contributed by atoms with Crippen LogP contribution in [-0.2, 0) is 22.6 Å². The number of allylic oxidation sites excluding steroid dienone is 1. The number of hydrogen-bond donors (Lipinski definition) is 2. The zero-order valence-electron chi connectivity index (χ0n) is 17.9. The number of nitrogens with zero attached hydrogens (tertiary/aromatic N) is 3. The molecule has 7 nitrogen and oxygen atoms in total. The van der Waals surface area contributed by atoms with Crippen molar-refractivity contribution < 1.29 is 9.59 Å². The average molecular weight is 470 g/mol. The Morgan fingerprint density at radius 1 is 1.06 bits per heavy atom. The van der Waals surface area contributed by atoms with E-state index in [4.69, 9.17) is 11.6 Å². The molecule has 1 aromatic heterocycles. The first kappa shape index (κ1) is 23.6. The summed E-state index contributed by atoms with van der Waals surface area (Å²) in [6, 6.07) is 12.9. The number of thioether (sulfide) groups is 1. The topological polar surface area (TPSA) is 88.9 Å². The van der Waals surface area contributed by atoms with Crippen molar-refractivity contribution in [2.75, 3.05) is 16.4 Å². The molecule has 0 fully saturated rings. The Balaban J connectivity index is 1.63. The largest absolute Gasteiger partial charge is 0.325 e.